The summed E-state index contributed by atoms with van der Waals surface area (Å²) in [6.45, 7) is 2.47. The number of anilines is 3. The maximum absolute atomic E-state index is 9.67. The first kappa shape index (κ1) is 21.7. The van der Waals surface area contributed by atoms with E-state index in [4.69, 9.17) is 21.5 Å². The van der Waals surface area contributed by atoms with E-state index in [1.807, 2.05) is 13.0 Å². The van der Waals surface area contributed by atoms with Crippen LogP contribution in [0.5, 0.6) is 5.75 Å². The van der Waals surface area contributed by atoms with Crippen LogP contribution < -0.4 is 32.3 Å². The van der Waals surface area contributed by atoms with Crippen LogP contribution in [-0.4, -0.2) is 34.7 Å². The molecule has 0 fully saturated rings. The van der Waals surface area contributed by atoms with Crippen molar-refractivity contribution in [2.45, 2.75) is 25.8 Å². The van der Waals surface area contributed by atoms with Crippen LogP contribution in [0.25, 0.3) is 0 Å². The zero-order valence-corrected chi connectivity index (χ0v) is 16.8. The molecule has 1 aromatic carbocycles. The number of unbranched alkanes of at least 4 members (excludes halogenated alkanes) is 1. The Labute approximate surface area is 179 Å². The van der Waals surface area contributed by atoms with Crippen molar-refractivity contribution in [1.82, 2.24) is 10.3 Å². The van der Waals surface area contributed by atoms with Crippen LogP contribution >= 0.6 is 0 Å². The molecule has 0 saturated carbocycles. The molecule has 1 aliphatic heterocycles. The molecule has 3 rings (SSSR count). The van der Waals surface area contributed by atoms with E-state index in [0.717, 1.165) is 12.8 Å². The number of fused-ring (bicyclic) bond motifs is 1. The Hall–Kier alpha value is -4.00. The van der Waals surface area contributed by atoms with Crippen LogP contribution in [0.1, 0.15) is 42.5 Å². The molecule has 0 saturated heterocycles. The fraction of sp³-hybridized carbons (Fsp3) is 0.263. The number of nitrogens with one attached hydrogen (secondary N) is 2. The van der Waals surface area contributed by atoms with Gasteiger partial charge in [-0.25, -0.2) is 9.98 Å². The molecule has 2 heterocycles. The third-order valence-corrected chi connectivity index (χ3v) is 4.74. The molecule has 0 aliphatic carbocycles. The normalized spacial score (nSPS) is 14.4. The maximum atomic E-state index is 9.67. The molecule has 1 aliphatic rings. The molecule has 1 unspecified atom stereocenters. The number of hydrogen-bond acceptors (Lipinski definition) is 11. The van der Waals surface area contributed by atoms with Gasteiger partial charge in [-0.2, -0.15) is 10.5 Å². The Bertz CT molecular complexity index is 1110. The number of ether oxygens (including phenoxy) is 1. The van der Waals surface area contributed by atoms with Crippen molar-refractivity contribution < 1.29 is 14.8 Å². The Kier molecular flexibility index (Phi) is 6.45. The molecule has 12 heteroatoms. The van der Waals surface area contributed by atoms with Crippen LogP contribution in [0.4, 0.5) is 17.3 Å². The van der Waals surface area contributed by atoms with E-state index >= 15 is 0 Å². The lowest BCUT2D eigenvalue weighted by atomic mass is 9.78. The summed E-state index contributed by atoms with van der Waals surface area (Å²) in [6, 6.07) is 5.75. The van der Waals surface area contributed by atoms with Crippen molar-refractivity contribution in [3.63, 3.8) is 0 Å². The molecule has 1 aromatic heterocycles. The summed E-state index contributed by atoms with van der Waals surface area (Å²) in [5.74, 6) is 0.694. The van der Waals surface area contributed by atoms with Crippen molar-refractivity contribution in [2.24, 2.45) is 4.99 Å². The summed E-state index contributed by atoms with van der Waals surface area (Å²) in [6.07, 6.45) is 3.52. The highest BCUT2D eigenvalue weighted by Gasteiger charge is 2.32. The molecular formula is C19H21BN8O3. The molecule has 8 N–H and O–H groups in total. The zero-order chi connectivity index (χ0) is 22.5. The van der Waals surface area contributed by atoms with Crippen molar-refractivity contribution in [2.75, 3.05) is 23.4 Å². The van der Waals surface area contributed by atoms with Gasteiger partial charge in [0, 0.05) is 11.1 Å². The number of aromatic nitrogens is 1. The topological polar surface area (TPSA) is 199 Å². The molecule has 1 atom stereocenters. The number of rotatable bonds is 6. The van der Waals surface area contributed by atoms with E-state index < -0.39 is 13.2 Å². The molecule has 11 nitrogen and oxygen atoms in total. The van der Waals surface area contributed by atoms with Crippen LogP contribution in [0.2, 0.25) is 0 Å². The fourth-order valence-corrected chi connectivity index (χ4v) is 3.21. The highest BCUT2D eigenvalue weighted by Crippen LogP contribution is 2.42. The molecule has 0 amide bonds. The molecule has 31 heavy (non-hydrogen) atoms. The largest absolute Gasteiger partial charge is 0.493 e. The lowest BCUT2D eigenvalue weighted by Crippen LogP contribution is -2.34. The molecule has 158 valence electrons. The second kappa shape index (κ2) is 9.22. The lowest BCUT2D eigenvalue weighted by Gasteiger charge is -2.27. The summed E-state index contributed by atoms with van der Waals surface area (Å²) >= 11 is 0. The summed E-state index contributed by atoms with van der Waals surface area (Å²) in [7, 11) is -1.72. The molecule has 2 aromatic rings. The summed E-state index contributed by atoms with van der Waals surface area (Å²) in [4.78, 5) is 8.71. The number of benzene rings is 1. The van der Waals surface area contributed by atoms with Crippen LogP contribution in [0.3, 0.4) is 0 Å². The SMILES string of the molecule is CCCCOc1ccc(B(O)O)cc1C1N=C(NC#N)Nc2nc(N)c(C#N)c(N)c21. The Morgan fingerprint density at radius 1 is 1.32 bits per heavy atom. The maximum Gasteiger partial charge on any atom is 0.488 e. The predicted octanol–water partition coefficient (Wildman–Crippen LogP) is -0.0820. The third-order valence-electron chi connectivity index (χ3n) is 4.74. The Balaban J connectivity index is 2.24. The van der Waals surface area contributed by atoms with Gasteiger partial charge in [0.25, 0.3) is 0 Å². The van der Waals surface area contributed by atoms with Gasteiger partial charge in [0.1, 0.15) is 35.1 Å². The van der Waals surface area contributed by atoms with Gasteiger partial charge >= 0.3 is 7.12 Å². The molecule has 0 bridgehead atoms. The van der Waals surface area contributed by atoms with Gasteiger partial charge in [0.15, 0.2) is 6.19 Å². The number of pyridine rings is 1. The second-order valence-electron chi connectivity index (χ2n) is 6.77. The van der Waals surface area contributed by atoms with E-state index in [9.17, 15) is 15.3 Å². The number of nitrogens with zero attached hydrogens (tertiary/aromatic N) is 4. The van der Waals surface area contributed by atoms with Crippen LogP contribution in [0, 0.1) is 22.8 Å². The number of nitrogen functional groups attached to an aromatic ring is 2. The van der Waals surface area contributed by atoms with Gasteiger partial charge in [-0.05, 0) is 17.9 Å². The Morgan fingerprint density at radius 3 is 2.74 bits per heavy atom. The number of nitrogens with two attached hydrogens (primary N) is 2. The molecule has 0 spiro atoms. The van der Waals surface area contributed by atoms with Crippen molar-refractivity contribution in [3.8, 4) is 18.0 Å². The van der Waals surface area contributed by atoms with E-state index in [0.29, 0.717) is 23.5 Å². The fourth-order valence-electron chi connectivity index (χ4n) is 3.21. The number of hydrogen-bond donors (Lipinski definition) is 6. The minimum absolute atomic E-state index is 0.00393. The quantitative estimate of drug-likeness (QED) is 0.159. The van der Waals surface area contributed by atoms with Crippen molar-refractivity contribution in [3.05, 3.63) is 34.9 Å². The molecule has 0 radical (unpaired) electrons. The van der Waals surface area contributed by atoms with Gasteiger partial charge in [0.2, 0.25) is 5.96 Å². The van der Waals surface area contributed by atoms with Crippen LogP contribution in [0.15, 0.2) is 23.2 Å². The van der Waals surface area contributed by atoms with Crippen molar-refractivity contribution >= 4 is 35.9 Å². The van der Waals surface area contributed by atoms with E-state index in [1.54, 1.807) is 12.3 Å². The van der Waals surface area contributed by atoms with Crippen molar-refractivity contribution in [1.29, 1.82) is 10.5 Å². The minimum Gasteiger partial charge on any atom is -0.493 e. The summed E-state index contributed by atoms with van der Waals surface area (Å²) < 4.78 is 5.91. The number of nitriles is 2. The van der Waals surface area contributed by atoms with Gasteiger partial charge in [-0.15, -0.1) is 0 Å². The number of aliphatic imine (C=N–C) groups is 1. The first-order valence-corrected chi connectivity index (χ1v) is 9.52. The highest BCUT2D eigenvalue weighted by molar-refractivity contribution is 6.58. The average molecular weight is 420 g/mol. The first-order valence-electron chi connectivity index (χ1n) is 9.52. The average Bonchev–Trinajstić information content (AvgIpc) is 2.73. The first-order chi connectivity index (χ1) is 14.9. The lowest BCUT2D eigenvalue weighted by molar-refractivity contribution is 0.305. The standard InChI is InChI=1S/C19H21BN8O3/c1-2-3-6-31-13-5-4-10(20(29)30)7-11(13)16-14-15(23)12(8-21)17(24)27-18(14)28-19(26-16)25-9-22/h4-5,7,16,29-30H,2-3,6H2,1H3,(H6,23,24,25,26,27,28). The third kappa shape index (κ3) is 4.30. The van der Waals surface area contributed by atoms with E-state index in [2.05, 4.69) is 20.6 Å². The van der Waals surface area contributed by atoms with Gasteiger partial charge in [-0.1, -0.05) is 25.5 Å². The zero-order valence-electron chi connectivity index (χ0n) is 16.8. The summed E-state index contributed by atoms with van der Waals surface area (Å²) in [5, 5.41) is 43.1. The molecular weight excluding hydrogens is 399 g/mol. The predicted molar refractivity (Wildman–Crippen MR) is 116 cm³/mol. The highest BCUT2D eigenvalue weighted by atomic mass is 16.5. The van der Waals surface area contributed by atoms with Gasteiger partial charge in [0.05, 0.1) is 12.3 Å². The van der Waals surface area contributed by atoms with E-state index in [1.165, 1.54) is 12.1 Å². The Morgan fingerprint density at radius 2 is 2.10 bits per heavy atom. The monoisotopic (exact) mass is 420 g/mol. The smallest absolute Gasteiger partial charge is 0.488 e. The van der Waals surface area contributed by atoms with Crippen LogP contribution in [-0.2, 0) is 0 Å². The summed E-state index contributed by atoms with van der Waals surface area (Å²) in [5.41, 5.74) is 13.2. The number of guanidine groups is 1. The van der Waals surface area contributed by atoms with E-state index in [-0.39, 0.29) is 34.3 Å². The minimum atomic E-state index is -1.72. The van der Waals surface area contributed by atoms with Gasteiger partial charge in [-0.3, -0.25) is 5.32 Å². The van der Waals surface area contributed by atoms with Gasteiger partial charge < -0.3 is 31.6 Å². The second-order valence-corrected chi connectivity index (χ2v) is 6.77.